The number of amides is 1. The molecule has 0 aliphatic rings. The molecule has 4 heteroatoms. The van der Waals surface area contributed by atoms with E-state index in [4.69, 9.17) is 0 Å². The molecule has 0 radical (unpaired) electrons. The number of carbonyl (C=O) groups is 1. The normalized spacial score (nSPS) is 9.73. The molecule has 15 heavy (non-hydrogen) atoms. The molecule has 0 atom stereocenters. The Balaban J connectivity index is 2.44. The van der Waals surface area contributed by atoms with Crippen molar-refractivity contribution in [3.63, 3.8) is 0 Å². The summed E-state index contributed by atoms with van der Waals surface area (Å²) >= 11 is 0. The molecule has 0 saturated carbocycles. The average Bonchev–Trinajstić information content (AvgIpc) is 2.31. The van der Waals surface area contributed by atoms with Crippen molar-refractivity contribution < 1.29 is 9.53 Å². The number of rotatable bonds is 4. The van der Waals surface area contributed by atoms with Crippen LogP contribution in [-0.2, 0) is 11.2 Å². The van der Waals surface area contributed by atoms with Gasteiger partial charge in [0.15, 0.2) is 0 Å². The first-order chi connectivity index (χ1) is 7.27. The molecule has 0 fully saturated rings. The van der Waals surface area contributed by atoms with Gasteiger partial charge in [-0.2, -0.15) is 0 Å². The van der Waals surface area contributed by atoms with E-state index in [1.165, 1.54) is 12.7 Å². The lowest BCUT2D eigenvalue weighted by molar-refractivity contribution is 0.126. The van der Waals surface area contributed by atoms with Crippen LogP contribution in [0.4, 0.5) is 4.79 Å². The van der Waals surface area contributed by atoms with E-state index in [1.807, 2.05) is 19.1 Å². The van der Waals surface area contributed by atoms with Crippen molar-refractivity contribution in [2.24, 2.45) is 0 Å². The third-order valence-corrected chi connectivity index (χ3v) is 2.23. The Morgan fingerprint density at radius 1 is 1.47 bits per heavy atom. The SMILES string of the molecule is CCN(CCc1ccncc1)C(=O)OC. The standard InChI is InChI=1S/C11H16N2O2/c1-3-13(11(14)15-2)9-6-10-4-7-12-8-5-10/h4-5,7-8H,3,6,9H2,1-2H3. The van der Waals surface area contributed by atoms with Crippen LogP contribution in [0.25, 0.3) is 0 Å². The molecule has 1 amide bonds. The van der Waals surface area contributed by atoms with Crippen LogP contribution in [0, 0.1) is 0 Å². The van der Waals surface area contributed by atoms with E-state index in [-0.39, 0.29) is 6.09 Å². The molecule has 0 spiro atoms. The van der Waals surface area contributed by atoms with Crippen LogP contribution in [0.3, 0.4) is 0 Å². The first-order valence-corrected chi connectivity index (χ1v) is 4.99. The van der Waals surface area contributed by atoms with E-state index in [1.54, 1.807) is 17.3 Å². The molecule has 0 aliphatic heterocycles. The summed E-state index contributed by atoms with van der Waals surface area (Å²) in [4.78, 5) is 16.9. The molecule has 1 aromatic heterocycles. The van der Waals surface area contributed by atoms with Crippen molar-refractivity contribution in [3.8, 4) is 0 Å². The quantitative estimate of drug-likeness (QED) is 0.756. The van der Waals surface area contributed by atoms with Gasteiger partial charge in [0.2, 0.25) is 0 Å². The summed E-state index contributed by atoms with van der Waals surface area (Å²) in [7, 11) is 1.40. The van der Waals surface area contributed by atoms with Gasteiger partial charge in [0.05, 0.1) is 7.11 Å². The first-order valence-electron chi connectivity index (χ1n) is 4.99. The number of pyridine rings is 1. The van der Waals surface area contributed by atoms with Gasteiger partial charge in [-0.25, -0.2) is 4.79 Å². The summed E-state index contributed by atoms with van der Waals surface area (Å²) in [6.45, 7) is 3.27. The minimum absolute atomic E-state index is 0.272. The molecular weight excluding hydrogens is 192 g/mol. The summed E-state index contributed by atoms with van der Waals surface area (Å²) in [5.74, 6) is 0. The third-order valence-electron chi connectivity index (χ3n) is 2.23. The fourth-order valence-corrected chi connectivity index (χ4v) is 1.32. The zero-order valence-corrected chi connectivity index (χ0v) is 9.14. The second-order valence-corrected chi connectivity index (χ2v) is 3.16. The Labute approximate surface area is 89.9 Å². The molecule has 0 saturated heterocycles. The van der Waals surface area contributed by atoms with E-state index >= 15 is 0 Å². The van der Waals surface area contributed by atoms with Crippen LogP contribution in [-0.4, -0.2) is 36.2 Å². The molecule has 0 aromatic carbocycles. The molecule has 82 valence electrons. The van der Waals surface area contributed by atoms with Gasteiger partial charge in [0.25, 0.3) is 0 Å². The maximum atomic E-state index is 11.3. The number of carbonyl (C=O) groups excluding carboxylic acids is 1. The smallest absolute Gasteiger partial charge is 0.409 e. The topological polar surface area (TPSA) is 42.4 Å². The highest BCUT2D eigenvalue weighted by molar-refractivity contribution is 5.67. The maximum Gasteiger partial charge on any atom is 0.409 e. The third kappa shape index (κ3) is 3.58. The number of likely N-dealkylation sites (N-methyl/N-ethyl adjacent to an activating group) is 1. The summed E-state index contributed by atoms with van der Waals surface area (Å²) in [5, 5.41) is 0. The predicted octanol–water partition coefficient (Wildman–Crippen LogP) is 1.71. The number of methoxy groups -OCH3 is 1. The number of hydrogen-bond acceptors (Lipinski definition) is 3. The van der Waals surface area contributed by atoms with Gasteiger partial charge in [-0.15, -0.1) is 0 Å². The molecule has 1 aromatic rings. The van der Waals surface area contributed by atoms with Crippen molar-refractivity contribution in [3.05, 3.63) is 30.1 Å². The largest absolute Gasteiger partial charge is 0.453 e. The zero-order chi connectivity index (χ0) is 11.1. The second-order valence-electron chi connectivity index (χ2n) is 3.16. The number of ether oxygens (including phenoxy) is 1. The van der Waals surface area contributed by atoms with Gasteiger partial charge < -0.3 is 9.64 Å². The molecule has 1 rings (SSSR count). The number of nitrogens with zero attached hydrogens (tertiary/aromatic N) is 2. The molecular formula is C11H16N2O2. The number of hydrogen-bond donors (Lipinski definition) is 0. The monoisotopic (exact) mass is 208 g/mol. The van der Waals surface area contributed by atoms with Gasteiger partial charge >= 0.3 is 6.09 Å². The molecule has 4 nitrogen and oxygen atoms in total. The fourth-order valence-electron chi connectivity index (χ4n) is 1.32. The molecule has 0 aliphatic carbocycles. The van der Waals surface area contributed by atoms with Crippen molar-refractivity contribution >= 4 is 6.09 Å². The van der Waals surface area contributed by atoms with Crippen LogP contribution in [0.2, 0.25) is 0 Å². The molecule has 0 bridgehead atoms. The van der Waals surface area contributed by atoms with Gasteiger partial charge in [-0.1, -0.05) is 0 Å². The Bertz CT molecular complexity index is 301. The lowest BCUT2D eigenvalue weighted by Gasteiger charge is -2.18. The van der Waals surface area contributed by atoms with Crippen LogP contribution >= 0.6 is 0 Å². The molecule has 0 unspecified atom stereocenters. The van der Waals surface area contributed by atoms with Gasteiger partial charge in [0.1, 0.15) is 0 Å². The van der Waals surface area contributed by atoms with Crippen molar-refractivity contribution in [1.29, 1.82) is 0 Å². The Morgan fingerprint density at radius 2 is 2.13 bits per heavy atom. The lowest BCUT2D eigenvalue weighted by Crippen LogP contribution is -2.32. The van der Waals surface area contributed by atoms with Crippen molar-refractivity contribution in [1.82, 2.24) is 9.88 Å². The predicted molar refractivity (Wildman–Crippen MR) is 57.6 cm³/mol. The molecule has 0 N–H and O–H groups in total. The fraction of sp³-hybridized carbons (Fsp3) is 0.455. The van der Waals surface area contributed by atoms with Crippen LogP contribution < -0.4 is 0 Å². The summed E-state index contributed by atoms with van der Waals surface area (Å²) in [6, 6.07) is 3.90. The highest BCUT2D eigenvalue weighted by Crippen LogP contribution is 2.01. The highest BCUT2D eigenvalue weighted by atomic mass is 16.5. The lowest BCUT2D eigenvalue weighted by atomic mass is 10.2. The Morgan fingerprint density at radius 3 is 2.67 bits per heavy atom. The van der Waals surface area contributed by atoms with E-state index in [0.717, 1.165) is 6.42 Å². The summed E-state index contributed by atoms with van der Waals surface area (Å²) in [5.41, 5.74) is 1.17. The summed E-state index contributed by atoms with van der Waals surface area (Å²) < 4.78 is 4.67. The van der Waals surface area contributed by atoms with Crippen molar-refractivity contribution in [2.45, 2.75) is 13.3 Å². The van der Waals surface area contributed by atoms with Crippen LogP contribution in [0.15, 0.2) is 24.5 Å². The second kappa shape index (κ2) is 6.01. The van der Waals surface area contributed by atoms with Gasteiger partial charge in [-0.05, 0) is 31.0 Å². The Kier molecular flexibility index (Phi) is 4.60. The van der Waals surface area contributed by atoms with Crippen LogP contribution in [0.5, 0.6) is 0 Å². The minimum atomic E-state index is -0.272. The van der Waals surface area contributed by atoms with Crippen molar-refractivity contribution in [2.75, 3.05) is 20.2 Å². The average molecular weight is 208 g/mol. The number of aromatic nitrogens is 1. The van der Waals surface area contributed by atoms with E-state index < -0.39 is 0 Å². The van der Waals surface area contributed by atoms with E-state index in [0.29, 0.717) is 13.1 Å². The minimum Gasteiger partial charge on any atom is -0.453 e. The van der Waals surface area contributed by atoms with E-state index in [9.17, 15) is 4.79 Å². The van der Waals surface area contributed by atoms with Gasteiger partial charge in [0, 0.05) is 25.5 Å². The maximum absolute atomic E-state index is 11.3. The van der Waals surface area contributed by atoms with E-state index in [2.05, 4.69) is 9.72 Å². The highest BCUT2D eigenvalue weighted by Gasteiger charge is 2.10. The Hall–Kier alpha value is -1.58. The first kappa shape index (κ1) is 11.5. The molecule has 1 heterocycles. The van der Waals surface area contributed by atoms with Gasteiger partial charge in [-0.3, -0.25) is 4.98 Å². The summed E-state index contributed by atoms with van der Waals surface area (Å²) in [6.07, 6.45) is 4.06. The zero-order valence-electron chi connectivity index (χ0n) is 9.14. The van der Waals surface area contributed by atoms with Crippen LogP contribution in [0.1, 0.15) is 12.5 Å².